The van der Waals surface area contributed by atoms with Crippen LogP contribution >= 0.6 is 0 Å². The number of carbonyl (C=O) groups is 3. The van der Waals surface area contributed by atoms with Crippen LogP contribution in [-0.4, -0.2) is 34.0 Å². The summed E-state index contributed by atoms with van der Waals surface area (Å²) in [5.41, 5.74) is 4.44. The van der Waals surface area contributed by atoms with E-state index in [2.05, 4.69) is 28.2 Å². The number of nitrogens with one attached hydrogen (secondary N) is 3. The first-order valence-electron chi connectivity index (χ1n) is 10.9. The standard InChI is InChI=1S/C22H29N5O4/c1-2-3-8-13-27-22(31)17-12-7-6-11-16(17)19(26-27)21(30)25-24-18(28)14-23-20(29)15-9-4-5-10-15/h6-7,11-12,15H,2-5,8-10,13-14H2,1H3,(H,23,29)(H,24,28)(H,25,30). The average molecular weight is 428 g/mol. The lowest BCUT2D eigenvalue weighted by molar-refractivity contribution is -0.128. The van der Waals surface area contributed by atoms with Crippen molar-refractivity contribution in [1.29, 1.82) is 0 Å². The Balaban J connectivity index is 1.65. The molecule has 1 aliphatic carbocycles. The zero-order valence-electron chi connectivity index (χ0n) is 17.8. The minimum absolute atomic E-state index is 0.0354. The van der Waals surface area contributed by atoms with Crippen LogP contribution in [0, 0.1) is 5.92 Å². The lowest BCUT2D eigenvalue weighted by atomic mass is 10.1. The monoisotopic (exact) mass is 427 g/mol. The van der Waals surface area contributed by atoms with Crippen LogP contribution in [-0.2, 0) is 16.1 Å². The summed E-state index contributed by atoms with van der Waals surface area (Å²) in [5, 5.41) is 7.66. The van der Waals surface area contributed by atoms with Crippen molar-refractivity contribution in [2.75, 3.05) is 6.54 Å². The normalized spacial score (nSPS) is 13.8. The van der Waals surface area contributed by atoms with Gasteiger partial charge >= 0.3 is 0 Å². The Morgan fingerprint density at radius 3 is 2.48 bits per heavy atom. The number of unbranched alkanes of at least 4 members (excludes halogenated alkanes) is 2. The van der Waals surface area contributed by atoms with E-state index in [1.807, 2.05) is 0 Å². The van der Waals surface area contributed by atoms with E-state index in [4.69, 9.17) is 0 Å². The van der Waals surface area contributed by atoms with Crippen LogP contribution in [0.15, 0.2) is 29.1 Å². The summed E-state index contributed by atoms with van der Waals surface area (Å²) >= 11 is 0. The lowest BCUT2D eigenvalue weighted by Gasteiger charge is -2.13. The number of hydrogen-bond acceptors (Lipinski definition) is 5. The van der Waals surface area contributed by atoms with Crippen molar-refractivity contribution in [3.8, 4) is 0 Å². The van der Waals surface area contributed by atoms with Crippen LogP contribution in [0.1, 0.15) is 62.4 Å². The molecule has 1 fully saturated rings. The maximum atomic E-state index is 12.7. The number of fused-ring (bicyclic) bond motifs is 1. The van der Waals surface area contributed by atoms with Crippen LogP contribution < -0.4 is 21.7 Å². The Hall–Kier alpha value is -3.23. The molecular weight excluding hydrogens is 398 g/mol. The number of hydrogen-bond donors (Lipinski definition) is 3. The molecule has 166 valence electrons. The summed E-state index contributed by atoms with van der Waals surface area (Å²) in [4.78, 5) is 49.4. The molecule has 1 aromatic carbocycles. The molecule has 0 spiro atoms. The number of aryl methyl sites for hydroxylation is 1. The highest BCUT2D eigenvalue weighted by atomic mass is 16.2. The van der Waals surface area contributed by atoms with Gasteiger partial charge in [-0.05, 0) is 25.3 Å². The van der Waals surface area contributed by atoms with Gasteiger partial charge in [0.25, 0.3) is 17.4 Å². The molecule has 1 saturated carbocycles. The van der Waals surface area contributed by atoms with Gasteiger partial charge in [-0.3, -0.25) is 30.0 Å². The van der Waals surface area contributed by atoms with Crippen LogP contribution in [0.3, 0.4) is 0 Å². The first-order chi connectivity index (χ1) is 15.0. The minimum atomic E-state index is -0.629. The van der Waals surface area contributed by atoms with E-state index in [0.29, 0.717) is 17.3 Å². The lowest BCUT2D eigenvalue weighted by Crippen LogP contribution is -2.47. The molecule has 1 heterocycles. The Labute approximate surface area is 180 Å². The van der Waals surface area contributed by atoms with Gasteiger partial charge < -0.3 is 5.32 Å². The third kappa shape index (κ3) is 5.68. The van der Waals surface area contributed by atoms with Crippen molar-refractivity contribution in [3.05, 3.63) is 40.3 Å². The molecule has 3 N–H and O–H groups in total. The SMILES string of the molecule is CCCCCn1nc(C(=O)NNC(=O)CNC(=O)C2CCCC2)c2ccccc2c1=O. The van der Waals surface area contributed by atoms with Crippen molar-refractivity contribution >= 4 is 28.5 Å². The number of aromatic nitrogens is 2. The van der Waals surface area contributed by atoms with Gasteiger partial charge in [0.1, 0.15) is 0 Å². The molecule has 0 aliphatic heterocycles. The molecule has 0 saturated heterocycles. The first kappa shape index (κ1) is 22.5. The van der Waals surface area contributed by atoms with Crippen LogP contribution in [0.2, 0.25) is 0 Å². The number of hydrazine groups is 1. The number of rotatable bonds is 8. The second-order valence-electron chi connectivity index (χ2n) is 7.83. The summed E-state index contributed by atoms with van der Waals surface area (Å²) in [6.45, 7) is 2.26. The fourth-order valence-corrected chi connectivity index (χ4v) is 3.80. The van der Waals surface area contributed by atoms with Crippen molar-refractivity contribution in [3.63, 3.8) is 0 Å². The fourth-order valence-electron chi connectivity index (χ4n) is 3.80. The largest absolute Gasteiger partial charge is 0.347 e. The molecule has 0 atom stereocenters. The van der Waals surface area contributed by atoms with E-state index in [9.17, 15) is 19.2 Å². The van der Waals surface area contributed by atoms with Gasteiger partial charge in [0, 0.05) is 17.8 Å². The van der Waals surface area contributed by atoms with Crippen molar-refractivity contribution in [2.24, 2.45) is 5.92 Å². The van der Waals surface area contributed by atoms with Crippen molar-refractivity contribution in [2.45, 2.75) is 58.4 Å². The zero-order valence-corrected chi connectivity index (χ0v) is 17.8. The minimum Gasteiger partial charge on any atom is -0.347 e. The molecule has 3 amide bonds. The van der Waals surface area contributed by atoms with Gasteiger partial charge in [0.2, 0.25) is 5.91 Å². The molecule has 0 bridgehead atoms. The predicted molar refractivity (Wildman–Crippen MR) is 116 cm³/mol. The molecule has 1 aromatic heterocycles. The zero-order chi connectivity index (χ0) is 22.2. The smallest absolute Gasteiger partial charge is 0.290 e. The quantitative estimate of drug-likeness (QED) is 0.437. The highest BCUT2D eigenvalue weighted by Crippen LogP contribution is 2.24. The Morgan fingerprint density at radius 1 is 1.06 bits per heavy atom. The van der Waals surface area contributed by atoms with Crippen LogP contribution in [0.25, 0.3) is 10.8 Å². The second kappa shape index (κ2) is 10.7. The number of carbonyl (C=O) groups excluding carboxylic acids is 3. The summed E-state index contributed by atoms with van der Waals surface area (Å²) < 4.78 is 1.30. The van der Waals surface area contributed by atoms with Crippen LogP contribution in [0.5, 0.6) is 0 Å². The van der Waals surface area contributed by atoms with E-state index in [0.717, 1.165) is 44.9 Å². The molecule has 0 unspecified atom stereocenters. The highest BCUT2D eigenvalue weighted by Gasteiger charge is 2.23. The van der Waals surface area contributed by atoms with Gasteiger partial charge in [-0.15, -0.1) is 0 Å². The topological polar surface area (TPSA) is 122 Å². The van der Waals surface area contributed by atoms with Crippen molar-refractivity contribution < 1.29 is 14.4 Å². The maximum Gasteiger partial charge on any atom is 0.290 e. The van der Waals surface area contributed by atoms with E-state index < -0.39 is 11.8 Å². The third-order valence-electron chi connectivity index (χ3n) is 5.52. The molecule has 3 rings (SSSR count). The fraction of sp³-hybridized carbons (Fsp3) is 0.500. The van der Waals surface area contributed by atoms with E-state index in [-0.39, 0.29) is 29.6 Å². The maximum absolute atomic E-state index is 12.7. The first-order valence-corrected chi connectivity index (χ1v) is 10.9. The average Bonchev–Trinajstić information content (AvgIpc) is 3.32. The third-order valence-corrected chi connectivity index (χ3v) is 5.52. The van der Waals surface area contributed by atoms with Gasteiger partial charge in [0.15, 0.2) is 5.69 Å². The van der Waals surface area contributed by atoms with E-state index >= 15 is 0 Å². The number of amides is 3. The molecule has 31 heavy (non-hydrogen) atoms. The molecule has 1 aliphatic rings. The van der Waals surface area contributed by atoms with Gasteiger partial charge in [-0.2, -0.15) is 5.10 Å². The van der Waals surface area contributed by atoms with Crippen molar-refractivity contribution in [1.82, 2.24) is 25.9 Å². The number of benzene rings is 1. The second-order valence-corrected chi connectivity index (χ2v) is 7.83. The summed E-state index contributed by atoms with van der Waals surface area (Å²) in [5.74, 6) is -1.34. The summed E-state index contributed by atoms with van der Waals surface area (Å²) in [6.07, 6.45) is 6.47. The van der Waals surface area contributed by atoms with E-state index in [1.54, 1.807) is 24.3 Å². The highest BCUT2D eigenvalue weighted by molar-refractivity contribution is 6.05. The number of nitrogens with zero attached hydrogens (tertiary/aromatic N) is 2. The Bertz CT molecular complexity index is 1010. The molecule has 9 heteroatoms. The van der Waals surface area contributed by atoms with Gasteiger partial charge in [-0.1, -0.05) is 50.8 Å². The summed E-state index contributed by atoms with van der Waals surface area (Å²) in [7, 11) is 0. The Morgan fingerprint density at radius 2 is 1.77 bits per heavy atom. The molecular formula is C22H29N5O4. The van der Waals surface area contributed by atoms with Crippen LogP contribution in [0.4, 0.5) is 0 Å². The van der Waals surface area contributed by atoms with Gasteiger partial charge in [0.05, 0.1) is 11.9 Å². The molecule has 0 radical (unpaired) electrons. The van der Waals surface area contributed by atoms with Gasteiger partial charge in [-0.25, -0.2) is 4.68 Å². The Kier molecular flexibility index (Phi) is 7.75. The predicted octanol–water partition coefficient (Wildman–Crippen LogP) is 1.65. The summed E-state index contributed by atoms with van der Waals surface area (Å²) in [6, 6.07) is 6.76. The van der Waals surface area contributed by atoms with E-state index in [1.165, 1.54) is 4.68 Å². The molecule has 2 aromatic rings. The molecule has 9 nitrogen and oxygen atoms in total.